The second-order valence-corrected chi connectivity index (χ2v) is 8.25. The number of esters is 1. The Morgan fingerprint density at radius 3 is 1.88 bits per heavy atom. The lowest BCUT2D eigenvalue weighted by atomic mass is 9.77. The molecule has 2 aliphatic rings. The molecule has 0 aromatic heterocycles. The van der Waals surface area contributed by atoms with E-state index in [0.29, 0.717) is 0 Å². The van der Waals surface area contributed by atoms with E-state index in [1.54, 1.807) is 0 Å². The van der Waals surface area contributed by atoms with E-state index in [1.807, 2.05) is 0 Å². The topological polar surface area (TPSA) is 132 Å². The normalized spacial score (nSPS) is 14.5. The number of carbonyl (C=O) groups is 2. The molecule has 0 amide bonds. The molecule has 34 heavy (non-hydrogen) atoms. The first-order chi connectivity index (χ1) is 16.1. The van der Waals surface area contributed by atoms with Gasteiger partial charge in [-0.15, -0.1) is 0 Å². The van der Waals surface area contributed by atoms with E-state index in [4.69, 9.17) is 42.1 Å². The van der Waals surface area contributed by atoms with Gasteiger partial charge in [-0.3, -0.25) is 0 Å². The lowest BCUT2D eigenvalue weighted by Gasteiger charge is -2.37. The van der Waals surface area contributed by atoms with E-state index >= 15 is 0 Å². The SMILES string of the molecule is COc1cc2c(cc1O)Oc1cc(O)c(OC)cc1C21OC(=O)c2c1cc(C(=O)O)c(Cl)c2Cl. The summed E-state index contributed by atoms with van der Waals surface area (Å²) in [5.41, 5.74) is -1.77. The van der Waals surface area contributed by atoms with Crippen LogP contribution in [0.3, 0.4) is 0 Å². The molecular weight excluding hydrogens is 491 g/mol. The zero-order valence-corrected chi connectivity index (χ0v) is 18.9. The molecule has 0 saturated carbocycles. The number of rotatable bonds is 3. The summed E-state index contributed by atoms with van der Waals surface area (Å²) >= 11 is 12.5. The number of hydrogen-bond donors (Lipinski definition) is 3. The second-order valence-electron chi connectivity index (χ2n) is 7.49. The fourth-order valence-corrected chi connectivity index (χ4v) is 4.82. The number of methoxy groups -OCH3 is 2. The number of ether oxygens (including phenoxy) is 4. The van der Waals surface area contributed by atoms with Gasteiger partial charge in [0.2, 0.25) is 0 Å². The third kappa shape index (κ3) is 2.74. The monoisotopic (exact) mass is 504 g/mol. The Morgan fingerprint density at radius 1 is 0.882 bits per heavy atom. The Kier molecular flexibility index (Phi) is 4.75. The molecule has 2 aliphatic heterocycles. The minimum atomic E-state index is -1.80. The van der Waals surface area contributed by atoms with Crippen LogP contribution in [0.2, 0.25) is 10.0 Å². The van der Waals surface area contributed by atoms with Crippen LogP contribution in [0.5, 0.6) is 34.5 Å². The van der Waals surface area contributed by atoms with Gasteiger partial charge in [0.15, 0.2) is 28.6 Å². The van der Waals surface area contributed by atoms with Crippen LogP contribution in [-0.2, 0) is 10.3 Å². The number of fused-ring (bicyclic) bond motifs is 6. The Hall–Kier alpha value is -3.82. The van der Waals surface area contributed by atoms with Gasteiger partial charge < -0.3 is 34.3 Å². The molecule has 3 aromatic carbocycles. The van der Waals surface area contributed by atoms with Crippen LogP contribution >= 0.6 is 23.2 Å². The molecule has 0 fully saturated rings. The highest BCUT2D eigenvalue weighted by atomic mass is 35.5. The van der Waals surface area contributed by atoms with Gasteiger partial charge in [0.1, 0.15) is 11.5 Å². The number of carboxylic acid groups (broad SMARTS) is 1. The molecule has 0 bridgehead atoms. The molecular formula is C23H14Cl2O9. The van der Waals surface area contributed by atoms with Gasteiger partial charge >= 0.3 is 11.9 Å². The molecule has 5 rings (SSSR count). The number of hydrogen-bond acceptors (Lipinski definition) is 8. The summed E-state index contributed by atoms with van der Waals surface area (Å²) in [5.74, 6) is -2.54. The van der Waals surface area contributed by atoms with E-state index in [0.717, 1.165) is 0 Å². The first-order valence-electron chi connectivity index (χ1n) is 9.64. The zero-order valence-electron chi connectivity index (χ0n) is 17.4. The molecule has 11 heteroatoms. The number of phenolic OH excluding ortho intramolecular Hbond substituents is 2. The number of carboxylic acids is 1. The van der Waals surface area contributed by atoms with Crippen molar-refractivity contribution in [2.75, 3.05) is 14.2 Å². The van der Waals surface area contributed by atoms with Crippen LogP contribution in [-0.4, -0.2) is 41.5 Å². The molecule has 0 saturated heterocycles. The van der Waals surface area contributed by atoms with E-state index in [9.17, 15) is 24.9 Å². The quantitative estimate of drug-likeness (QED) is 0.434. The lowest BCUT2D eigenvalue weighted by molar-refractivity contribution is 0.0222. The van der Waals surface area contributed by atoms with Crippen LogP contribution in [0.1, 0.15) is 37.4 Å². The van der Waals surface area contributed by atoms with Crippen molar-refractivity contribution < 1.29 is 43.9 Å². The third-order valence-electron chi connectivity index (χ3n) is 5.81. The fraction of sp³-hybridized carbons (Fsp3) is 0.130. The van der Waals surface area contributed by atoms with Crippen LogP contribution in [0.25, 0.3) is 0 Å². The predicted octanol–water partition coefficient (Wildman–Crippen LogP) is 4.69. The van der Waals surface area contributed by atoms with Crippen molar-refractivity contribution >= 4 is 35.1 Å². The number of aromatic carboxylic acids is 1. The van der Waals surface area contributed by atoms with Gasteiger partial charge in [-0.2, -0.15) is 0 Å². The van der Waals surface area contributed by atoms with Gasteiger partial charge in [-0.25, -0.2) is 9.59 Å². The maximum absolute atomic E-state index is 13.1. The predicted molar refractivity (Wildman–Crippen MR) is 118 cm³/mol. The fourth-order valence-electron chi connectivity index (χ4n) is 4.31. The highest BCUT2D eigenvalue weighted by molar-refractivity contribution is 6.45. The number of carbonyl (C=O) groups excluding carboxylic acids is 1. The van der Waals surface area contributed by atoms with Crippen molar-refractivity contribution in [2.24, 2.45) is 0 Å². The van der Waals surface area contributed by atoms with E-state index < -0.39 is 17.5 Å². The lowest BCUT2D eigenvalue weighted by Crippen LogP contribution is -2.33. The van der Waals surface area contributed by atoms with Crippen molar-refractivity contribution in [1.82, 2.24) is 0 Å². The molecule has 174 valence electrons. The number of phenols is 2. The summed E-state index contributed by atoms with van der Waals surface area (Å²) in [6, 6.07) is 6.51. The van der Waals surface area contributed by atoms with Gasteiger partial charge in [-0.05, 0) is 18.2 Å². The van der Waals surface area contributed by atoms with Crippen LogP contribution in [0, 0.1) is 0 Å². The average molecular weight is 505 g/mol. The standard InChI is InChI=1S/C23H14Cl2O9/c1-31-16-4-9-14(6-12(16)26)33-15-7-13(27)17(32-2)5-10(15)23(9)11-3-8(21(28)29)19(24)20(25)18(11)22(30)34-23/h3-7,26-27H,1-2H3,(H,28,29). The average Bonchev–Trinajstić information content (AvgIpc) is 3.08. The maximum atomic E-state index is 13.1. The van der Waals surface area contributed by atoms with Crippen molar-refractivity contribution in [3.05, 3.63) is 68.2 Å². The summed E-state index contributed by atoms with van der Waals surface area (Å²) in [4.78, 5) is 25.0. The summed E-state index contributed by atoms with van der Waals surface area (Å²) in [7, 11) is 2.67. The third-order valence-corrected chi connectivity index (χ3v) is 6.67. The summed E-state index contributed by atoms with van der Waals surface area (Å²) in [6.07, 6.45) is 0. The smallest absolute Gasteiger partial charge is 0.341 e. The minimum Gasteiger partial charge on any atom is -0.504 e. The minimum absolute atomic E-state index is 0.0407. The van der Waals surface area contributed by atoms with Crippen LogP contribution in [0.15, 0.2) is 30.3 Å². The summed E-state index contributed by atoms with van der Waals surface area (Å²) < 4.78 is 22.3. The molecule has 0 radical (unpaired) electrons. The summed E-state index contributed by atoms with van der Waals surface area (Å²) in [6.45, 7) is 0. The van der Waals surface area contributed by atoms with Gasteiger partial charge in [0, 0.05) is 17.7 Å². The van der Waals surface area contributed by atoms with Crippen molar-refractivity contribution in [3.8, 4) is 34.5 Å². The van der Waals surface area contributed by atoms with Gasteiger partial charge in [0.25, 0.3) is 0 Å². The summed E-state index contributed by atoms with van der Waals surface area (Å²) in [5, 5.41) is 29.8. The Balaban J connectivity index is 1.97. The van der Waals surface area contributed by atoms with Crippen LogP contribution < -0.4 is 14.2 Å². The Morgan fingerprint density at radius 2 is 1.41 bits per heavy atom. The molecule has 3 N–H and O–H groups in total. The molecule has 2 heterocycles. The highest BCUT2D eigenvalue weighted by Crippen LogP contribution is 2.60. The number of halogens is 2. The Labute approximate surface area is 201 Å². The molecule has 0 unspecified atom stereocenters. The first-order valence-corrected chi connectivity index (χ1v) is 10.4. The molecule has 0 aliphatic carbocycles. The molecule has 3 aromatic rings. The first kappa shape index (κ1) is 22.0. The highest BCUT2D eigenvalue weighted by Gasteiger charge is 2.56. The van der Waals surface area contributed by atoms with Crippen LogP contribution in [0.4, 0.5) is 0 Å². The van der Waals surface area contributed by atoms with E-state index in [1.165, 1.54) is 44.6 Å². The van der Waals surface area contributed by atoms with Crippen molar-refractivity contribution in [3.63, 3.8) is 0 Å². The number of aromatic hydroxyl groups is 2. The number of benzene rings is 3. The van der Waals surface area contributed by atoms with Crippen molar-refractivity contribution in [2.45, 2.75) is 5.60 Å². The van der Waals surface area contributed by atoms with E-state index in [-0.39, 0.29) is 72.4 Å². The maximum Gasteiger partial charge on any atom is 0.341 e. The molecule has 0 atom stereocenters. The second kappa shape index (κ2) is 7.34. The molecule has 1 spiro atoms. The molecule has 9 nitrogen and oxygen atoms in total. The zero-order chi connectivity index (χ0) is 24.5. The Bertz CT molecular complexity index is 1370. The van der Waals surface area contributed by atoms with Gasteiger partial charge in [0.05, 0.1) is 46.5 Å². The van der Waals surface area contributed by atoms with Gasteiger partial charge in [-0.1, -0.05) is 23.2 Å². The van der Waals surface area contributed by atoms with Crippen molar-refractivity contribution in [1.29, 1.82) is 0 Å². The largest absolute Gasteiger partial charge is 0.504 e. The van der Waals surface area contributed by atoms with E-state index in [2.05, 4.69) is 0 Å².